The van der Waals surface area contributed by atoms with Crippen LogP contribution in [0.2, 0.25) is 0 Å². The van der Waals surface area contributed by atoms with Crippen molar-refractivity contribution in [2.45, 2.75) is 58.5 Å². The minimum atomic E-state index is 0.242. The molecule has 0 saturated carbocycles. The fraction of sp³-hybridized carbons (Fsp3) is 0.556. The number of benzene rings is 1. The molecule has 3 rings (SSSR count). The van der Waals surface area contributed by atoms with Crippen molar-refractivity contribution in [2.75, 3.05) is 0 Å². The van der Waals surface area contributed by atoms with Crippen LogP contribution in [-0.4, -0.2) is 32.4 Å². The number of piperidine rings is 1. The average Bonchev–Trinajstić information content (AvgIpc) is 2.73. The second kappa shape index (κ2) is 5.75. The summed E-state index contributed by atoms with van der Waals surface area (Å²) in [6.45, 7) is 6.33. The lowest BCUT2D eigenvalue weighted by atomic mass is 9.96. The van der Waals surface area contributed by atoms with E-state index in [4.69, 9.17) is 0 Å². The molecule has 22 heavy (non-hydrogen) atoms. The van der Waals surface area contributed by atoms with E-state index in [1.165, 1.54) is 6.42 Å². The Balaban J connectivity index is 1.81. The summed E-state index contributed by atoms with van der Waals surface area (Å²) in [4.78, 5) is 19.3. The Morgan fingerprint density at radius 3 is 2.64 bits per heavy atom. The van der Waals surface area contributed by atoms with Crippen molar-refractivity contribution < 1.29 is 4.79 Å². The van der Waals surface area contributed by atoms with E-state index in [2.05, 4.69) is 46.5 Å². The first-order valence-electron chi connectivity index (χ1n) is 8.20. The fourth-order valence-electron chi connectivity index (χ4n) is 3.65. The zero-order chi connectivity index (χ0) is 15.9. The molecule has 1 amide bonds. The molecule has 4 heteroatoms. The van der Waals surface area contributed by atoms with Gasteiger partial charge in [0.15, 0.2) is 0 Å². The molecule has 0 bridgehead atoms. The predicted molar refractivity (Wildman–Crippen MR) is 88.8 cm³/mol. The molecule has 0 N–H and O–H groups in total. The molecule has 1 aromatic carbocycles. The van der Waals surface area contributed by atoms with Gasteiger partial charge in [0.1, 0.15) is 5.82 Å². The molecule has 1 aliphatic rings. The highest BCUT2D eigenvalue weighted by Gasteiger charge is 2.28. The number of aromatic nitrogens is 2. The van der Waals surface area contributed by atoms with Crippen molar-refractivity contribution in [3.63, 3.8) is 0 Å². The van der Waals surface area contributed by atoms with Crippen LogP contribution in [0.4, 0.5) is 0 Å². The molecule has 2 unspecified atom stereocenters. The zero-order valence-electron chi connectivity index (χ0n) is 14.0. The molecule has 118 valence electrons. The topological polar surface area (TPSA) is 38.1 Å². The number of imidazole rings is 1. The summed E-state index contributed by atoms with van der Waals surface area (Å²) in [5, 5.41) is 0. The highest BCUT2D eigenvalue weighted by Crippen LogP contribution is 2.24. The number of hydrogen-bond acceptors (Lipinski definition) is 2. The number of rotatable bonds is 2. The molecule has 4 nitrogen and oxygen atoms in total. The lowest BCUT2D eigenvalue weighted by Gasteiger charge is -2.39. The lowest BCUT2D eigenvalue weighted by Crippen LogP contribution is -2.48. The van der Waals surface area contributed by atoms with Crippen molar-refractivity contribution in [3.05, 3.63) is 29.6 Å². The van der Waals surface area contributed by atoms with Gasteiger partial charge >= 0.3 is 0 Å². The standard InChI is InChI=1S/C18H25N3O/c1-12-6-5-7-13(2)21(12)18(22)11-15-8-9-17-16(10-15)19-14(3)20(17)4/h8-10,12-13H,5-7,11H2,1-4H3. The Morgan fingerprint density at radius 1 is 1.27 bits per heavy atom. The summed E-state index contributed by atoms with van der Waals surface area (Å²) >= 11 is 0. The monoisotopic (exact) mass is 299 g/mol. The molecule has 0 radical (unpaired) electrons. The van der Waals surface area contributed by atoms with E-state index >= 15 is 0 Å². The maximum absolute atomic E-state index is 12.7. The van der Waals surface area contributed by atoms with E-state index in [1.54, 1.807) is 0 Å². The summed E-state index contributed by atoms with van der Waals surface area (Å²) in [6.07, 6.45) is 3.94. The van der Waals surface area contributed by atoms with Crippen LogP contribution in [0.15, 0.2) is 18.2 Å². The van der Waals surface area contributed by atoms with Crippen molar-refractivity contribution in [3.8, 4) is 0 Å². The van der Waals surface area contributed by atoms with Gasteiger partial charge in [-0.2, -0.15) is 0 Å². The maximum Gasteiger partial charge on any atom is 0.227 e. The molecular formula is C18H25N3O. The number of nitrogens with zero attached hydrogens (tertiary/aromatic N) is 3. The molecule has 1 saturated heterocycles. The number of hydrogen-bond donors (Lipinski definition) is 0. The van der Waals surface area contributed by atoms with Crippen LogP contribution in [0.5, 0.6) is 0 Å². The van der Waals surface area contributed by atoms with Crippen LogP contribution < -0.4 is 0 Å². The zero-order valence-corrected chi connectivity index (χ0v) is 14.0. The molecule has 2 atom stereocenters. The van der Waals surface area contributed by atoms with Gasteiger partial charge in [-0.3, -0.25) is 4.79 Å². The van der Waals surface area contributed by atoms with Gasteiger partial charge < -0.3 is 9.47 Å². The smallest absolute Gasteiger partial charge is 0.227 e. The van der Waals surface area contributed by atoms with Crippen LogP contribution in [0.1, 0.15) is 44.5 Å². The van der Waals surface area contributed by atoms with E-state index in [1.807, 2.05) is 14.0 Å². The summed E-state index contributed by atoms with van der Waals surface area (Å²) in [5.41, 5.74) is 3.15. The molecule has 0 spiro atoms. The molecule has 0 aliphatic carbocycles. The SMILES string of the molecule is Cc1nc2cc(CC(=O)N3C(C)CCCC3C)ccc2n1C. The van der Waals surface area contributed by atoms with Gasteiger partial charge in [-0.25, -0.2) is 4.98 Å². The Hall–Kier alpha value is -1.84. The molecule has 2 aromatic rings. The van der Waals surface area contributed by atoms with Gasteiger partial charge in [0.25, 0.3) is 0 Å². The molecule has 1 aromatic heterocycles. The lowest BCUT2D eigenvalue weighted by molar-refractivity contribution is -0.136. The third kappa shape index (κ3) is 2.62. The van der Waals surface area contributed by atoms with Crippen molar-refractivity contribution >= 4 is 16.9 Å². The van der Waals surface area contributed by atoms with Crippen LogP contribution in [0.3, 0.4) is 0 Å². The van der Waals surface area contributed by atoms with Crippen molar-refractivity contribution in [1.82, 2.24) is 14.5 Å². The summed E-state index contributed by atoms with van der Waals surface area (Å²) < 4.78 is 2.08. The van der Waals surface area contributed by atoms with Crippen LogP contribution in [0.25, 0.3) is 11.0 Å². The van der Waals surface area contributed by atoms with Gasteiger partial charge in [0.05, 0.1) is 17.5 Å². The molecule has 1 fully saturated rings. The normalized spacial score (nSPS) is 22.3. The highest BCUT2D eigenvalue weighted by molar-refractivity contribution is 5.82. The van der Waals surface area contributed by atoms with E-state index < -0.39 is 0 Å². The van der Waals surface area contributed by atoms with E-state index in [9.17, 15) is 4.79 Å². The van der Waals surface area contributed by atoms with Gasteiger partial charge in [0.2, 0.25) is 5.91 Å². The third-order valence-electron chi connectivity index (χ3n) is 5.01. The van der Waals surface area contributed by atoms with Gasteiger partial charge in [-0.1, -0.05) is 6.07 Å². The summed E-state index contributed by atoms with van der Waals surface area (Å²) in [6, 6.07) is 6.90. The Bertz CT molecular complexity index is 694. The first kappa shape index (κ1) is 15.1. The van der Waals surface area contributed by atoms with Crippen LogP contribution in [-0.2, 0) is 18.3 Å². The number of fused-ring (bicyclic) bond motifs is 1. The fourth-order valence-corrected chi connectivity index (χ4v) is 3.65. The predicted octanol–water partition coefficient (Wildman–Crippen LogP) is 3.21. The van der Waals surface area contributed by atoms with Gasteiger partial charge in [0, 0.05) is 19.1 Å². The minimum Gasteiger partial charge on any atom is -0.337 e. The average molecular weight is 299 g/mol. The summed E-state index contributed by atoms with van der Waals surface area (Å²) in [7, 11) is 2.02. The summed E-state index contributed by atoms with van der Waals surface area (Å²) in [5.74, 6) is 1.24. The quantitative estimate of drug-likeness (QED) is 0.854. The maximum atomic E-state index is 12.7. The van der Waals surface area contributed by atoms with Gasteiger partial charge in [-0.05, 0) is 57.7 Å². The second-order valence-electron chi connectivity index (χ2n) is 6.65. The van der Waals surface area contributed by atoms with E-state index in [0.29, 0.717) is 18.5 Å². The second-order valence-corrected chi connectivity index (χ2v) is 6.65. The number of carbonyl (C=O) groups excluding carboxylic acids is 1. The molecule has 1 aliphatic heterocycles. The Labute approximate surface area is 132 Å². The Morgan fingerprint density at radius 2 is 1.95 bits per heavy atom. The van der Waals surface area contributed by atoms with Crippen molar-refractivity contribution in [1.29, 1.82) is 0 Å². The number of carbonyl (C=O) groups is 1. The first-order valence-corrected chi connectivity index (χ1v) is 8.20. The minimum absolute atomic E-state index is 0.242. The number of amides is 1. The van der Waals surface area contributed by atoms with Gasteiger partial charge in [-0.15, -0.1) is 0 Å². The van der Waals surface area contributed by atoms with Crippen LogP contribution >= 0.6 is 0 Å². The number of likely N-dealkylation sites (tertiary alicyclic amines) is 1. The molecule has 2 heterocycles. The largest absolute Gasteiger partial charge is 0.337 e. The van der Waals surface area contributed by atoms with E-state index in [-0.39, 0.29) is 5.91 Å². The Kier molecular flexibility index (Phi) is 3.94. The third-order valence-corrected chi connectivity index (χ3v) is 5.01. The highest BCUT2D eigenvalue weighted by atomic mass is 16.2. The number of aryl methyl sites for hydroxylation is 2. The molecular weight excluding hydrogens is 274 g/mol. The van der Waals surface area contributed by atoms with Crippen LogP contribution in [0, 0.1) is 6.92 Å². The first-order chi connectivity index (χ1) is 10.5. The van der Waals surface area contributed by atoms with Crippen molar-refractivity contribution in [2.24, 2.45) is 7.05 Å². The van der Waals surface area contributed by atoms with E-state index in [0.717, 1.165) is 35.3 Å².